The standard InChI is InChI=1S/C22H24N2O5/c1-27-19-8-7-15(11-20(19)28-2)9-10-23-21(25)14-29-22(26)12-16-13-24-18-6-4-3-5-17(16)18/h3-8,11,13,24H,9-10,12,14H2,1-2H3,(H,23,25). The average molecular weight is 396 g/mol. The van der Waals surface area contributed by atoms with Crippen LogP contribution < -0.4 is 14.8 Å². The molecule has 7 nitrogen and oxygen atoms in total. The van der Waals surface area contributed by atoms with E-state index >= 15 is 0 Å². The molecule has 0 aliphatic heterocycles. The smallest absolute Gasteiger partial charge is 0.310 e. The normalized spacial score (nSPS) is 10.6. The molecule has 152 valence electrons. The highest BCUT2D eigenvalue weighted by Crippen LogP contribution is 2.27. The summed E-state index contributed by atoms with van der Waals surface area (Å²) in [4.78, 5) is 27.1. The lowest BCUT2D eigenvalue weighted by atomic mass is 10.1. The number of fused-ring (bicyclic) bond motifs is 1. The molecule has 1 heterocycles. The molecular formula is C22H24N2O5. The second kappa shape index (κ2) is 9.64. The van der Waals surface area contributed by atoms with Crippen molar-refractivity contribution in [2.75, 3.05) is 27.4 Å². The monoisotopic (exact) mass is 396 g/mol. The second-order valence-electron chi connectivity index (χ2n) is 6.49. The van der Waals surface area contributed by atoms with Crippen LogP contribution in [0.25, 0.3) is 10.9 Å². The molecule has 2 aromatic carbocycles. The fourth-order valence-corrected chi connectivity index (χ4v) is 3.06. The molecule has 3 aromatic rings. The first-order valence-corrected chi connectivity index (χ1v) is 9.29. The predicted molar refractivity (Wildman–Crippen MR) is 109 cm³/mol. The zero-order valence-electron chi connectivity index (χ0n) is 16.5. The number of benzene rings is 2. The number of rotatable bonds is 9. The summed E-state index contributed by atoms with van der Waals surface area (Å²) in [7, 11) is 3.16. The number of amides is 1. The van der Waals surface area contributed by atoms with Crippen LogP contribution in [0.5, 0.6) is 11.5 Å². The summed E-state index contributed by atoms with van der Waals surface area (Å²) in [6.07, 6.45) is 2.52. The average Bonchev–Trinajstić information content (AvgIpc) is 3.15. The van der Waals surface area contributed by atoms with Crippen molar-refractivity contribution in [3.63, 3.8) is 0 Å². The molecular weight excluding hydrogens is 372 g/mol. The Morgan fingerprint density at radius 1 is 1.03 bits per heavy atom. The SMILES string of the molecule is COc1ccc(CCNC(=O)COC(=O)Cc2c[nH]c3ccccc23)cc1OC. The molecule has 1 aromatic heterocycles. The summed E-state index contributed by atoms with van der Waals surface area (Å²) in [5.41, 5.74) is 2.81. The van der Waals surface area contributed by atoms with Crippen LogP contribution in [0.3, 0.4) is 0 Å². The van der Waals surface area contributed by atoms with Gasteiger partial charge in [-0.1, -0.05) is 24.3 Å². The van der Waals surface area contributed by atoms with E-state index in [2.05, 4.69) is 10.3 Å². The number of hydrogen-bond donors (Lipinski definition) is 2. The predicted octanol–water partition coefficient (Wildman–Crippen LogP) is 2.63. The van der Waals surface area contributed by atoms with Gasteiger partial charge >= 0.3 is 5.97 Å². The molecule has 0 saturated carbocycles. The van der Waals surface area contributed by atoms with E-state index < -0.39 is 5.97 Å². The Labute approximate surface area is 169 Å². The number of para-hydroxylation sites is 1. The number of nitrogens with one attached hydrogen (secondary N) is 2. The van der Waals surface area contributed by atoms with Crippen molar-refractivity contribution in [1.29, 1.82) is 0 Å². The van der Waals surface area contributed by atoms with Crippen molar-refractivity contribution < 1.29 is 23.8 Å². The largest absolute Gasteiger partial charge is 0.493 e. The molecule has 0 atom stereocenters. The topological polar surface area (TPSA) is 89.6 Å². The van der Waals surface area contributed by atoms with E-state index in [4.69, 9.17) is 14.2 Å². The molecule has 29 heavy (non-hydrogen) atoms. The van der Waals surface area contributed by atoms with Gasteiger partial charge < -0.3 is 24.5 Å². The molecule has 0 fully saturated rings. The summed E-state index contributed by atoms with van der Waals surface area (Å²) < 4.78 is 15.6. The van der Waals surface area contributed by atoms with Crippen LogP contribution >= 0.6 is 0 Å². The van der Waals surface area contributed by atoms with Crippen molar-refractivity contribution in [3.05, 3.63) is 59.8 Å². The van der Waals surface area contributed by atoms with Crippen LogP contribution in [0, 0.1) is 0 Å². The van der Waals surface area contributed by atoms with Crippen molar-refractivity contribution in [2.45, 2.75) is 12.8 Å². The van der Waals surface area contributed by atoms with E-state index in [0.717, 1.165) is 22.0 Å². The van der Waals surface area contributed by atoms with Crippen molar-refractivity contribution in [2.24, 2.45) is 0 Å². The van der Waals surface area contributed by atoms with E-state index in [-0.39, 0.29) is 18.9 Å². The number of H-pyrrole nitrogens is 1. The third-order valence-electron chi connectivity index (χ3n) is 4.56. The van der Waals surface area contributed by atoms with Crippen molar-refractivity contribution in [3.8, 4) is 11.5 Å². The van der Waals surface area contributed by atoms with E-state index in [1.807, 2.05) is 42.5 Å². The van der Waals surface area contributed by atoms with E-state index in [9.17, 15) is 9.59 Å². The van der Waals surface area contributed by atoms with Gasteiger partial charge in [-0.25, -0.2) is 0 Å². The zero-order valence-corrected chi connectivity index (χ0v) is 16.5. The first-order valence-electron chi connectivity index (χ1n) is 9.29. The second-order valence-corrected chi connectivity index (χ2v) is 6.49. The number of carbonyl (C=O) groups excluding carboxylic acids is 2. The quantitative estimate of drug-likeness (QED) is 0.543. The molecule has 0 radical (unpaired) electrons. The van der Waals surface area contributed by atoms with E-state index in [0.29, 0.717) is 24.5 Å². The van der Waals surface area contributed by atoms with Crippen LogP contribution in [-0.2, 0) is 27.2 Å². The summed E-state index contributed by atoms with van der Waals surface area (Å²) in [5, 5.41) is 3.72. The Hall–Kier alpha value is -3.48. The van der Waals surface area contributed by atoms with Gasteiger partial charge in [0.15, 0.2) is 18.1 Å². The Morgan fingerprint density at radius 3 is 2.62 bits per heavy atom. The lowest BCUT2D eigenvalue weighted by Crippen LogP contribution is -2.30. The molecule has 2 N–H and O–H groups in total. The fourth-order valence-electron chi connectivity index (χ4n) is 3.06. The molecule has 0 aliphatic carbocycles. The third kappa shape index (κ3) is 5.28. The number of aromatic nitrogens is 1. The number of aromatic amines is 1. The van der Waals surface area contributed by atoms with Crippen LogP contribution in [0.1, 0.15) is 11.1 Å². The van der Waals surface area contributed by atoms with Crippen LogP contribution in [0.15, 0.2) is 48.7 Å². The van der Waals surface area contributed by atoms with Gasteiger partial charge in [-0.3, -0.25) is 9.59 Å². The Balaban J connectivity index is 1.41. The highest BCUT2D eigenvalue weighted by molar-refractivity contribution is 5.88. The number of methoxy groups -OCH3 is 2. The molecule has 1 amide bonds. The minimum absolute atomic E-state index is 0.114. The minimum atomic E-state index is -0.440. The van der Waals surface area contributed by atoms with Crippen LogP contribution in [0.4, 0.5) is 0 Å². The van der Waals surface area contributed by atoms with Gasteiger partial charge in [0.2, 0.25) is 0 Å². The van der Waals surface area contributed by atoms with Gasteiger partial charge in [0.1, 0.15) is 0 Å². The minimum Gasteiger partial charge on any atom is -0.493 e. The first-order chi connectivity index (χ1) is 14.1. The van der Waals surface area contributed by atoms with Gasteiger partial charge in [0.05, 0.1) is 20.6 Å². The molecule has 0 unspecified atom stereocenters. The summed E-state index contributed by atoms with van der Waals surface area (Å²) >= 11 is 0. The number of ether oxygens (including phenoxy) is 3. The summed E-state index contributed by atoms with van der Waals surface area (Å²) in [5.74, 6) is 0.521. The molecule has 0 spiro atoms. The molecule has 7 heteroatoms. The lowest BCUT2D eigenvalue weighted by molar-refractivity contribution is -0.147. The Bertz CT molecular complexity index is 996. The number of esters is 1. The number of carbonyl (C=O) groups is 2. The maximum absolute atomic E-state index is 12.0. The number of hydrogen-bond acceptors (Lipinski definition) is 5. The van der Waals surface area contributed by atoms with Gasteiger partial charge in [-0.15, -0.1) is 0 Å². The Morgan fingerprint density at radius 2 is 1.83 bits per heavy atom. The lowest BCUT2D eigenvalue weighted by Gasteiger charge is -2.10. The van der Waals surface area contributed by atoms with Gasteiger partial charge in [-0.2, -0.15) is 0 Å². The van der Waals surface area contributed by atoms with Gasteiger partial charge in [0.25, 0.3) is 5.91 Å². The highest BCUT2D eigenvalue weighted by atomic mass is 16.5. The third-order valence-corrected chi connectivity index (χ3v) is 4.56. The highest BCUT2D eigenvalue weighted by Gasteiger charge is 2.12. The van der Waals surface area contributed by atoms with E-state index in [1.165, 1.54) is 0 Å². The van der Waals surface area contributed by atoms with Crippen LogP contribution in [-0.4, -0.2) is 44.2 Å². The van der Waals surface area contributed by atoms with Crippen molar-refractivity contribution >= 4 is 22.8 Å². The summed E-state index contributed by atoms with van der Waals surface area (Å²) in [6.45, 7) is 0.126. The zero-order chi connectivity index (χ0) is 20.6. The summed E-state index contributed by atoms with van der Waals surface area (Å²) in [6, 6.07) is 13.3. The Kier molecular flexibility index (Phi) is 6.73. The molecule has 0 saturated heterocycles. The van der Waals surface area contributed by atoms with Crippen molar-refractivity contribution in [1.82, 2.24) is 10.3 Å². The van der Waals surface area contributed by atoms with E-state index in [1.54, 1.807) is 20.4 Å². The first kappa shape index (κ1) is 20.3. The molecule has 0 aliphatic rings. The van der Waals surface area contributed by atoms with Gasteiger partial charge in [0, 0.05) is 23.6 Å². The molecule has 0 bridgehead atoms. The van der Waals surface area contributed by atoms with Gasteiger partial charge in [-0.05, 0) is 35.7 Å². The maximum atomic E-state index is 12.0. The van der Waals surface area contributed by atoms with Crippen LogP contribution in [0.2, 0.25) is 0 Å². The fraction of sp³-hybridized carbons (Fsp3) is 0.273. The maximum Gasteiger partial charge on any atom is 0.310 e. The molecule has 3 rings (SSSR count).